The summed E-state index contributed by atoms with van der Waals surface area (Å²) in [7, 11) is 0. The molecule has 1 atom stereocenters. The van der Waals surface area contributed by atoms with Crippen LogP contribution >= 0.6 is 0 Å². The van der Waals surface area contributed by atoms with E-state index in [0.29, 0.717) is 55.3 Å². The molecule has 1 unspecified atom stereocenters. The Kier molecular flexibility index (Phi) is 11.2. The summed E-state index contributed by atoms with van der Waals surface area (Å²) in [6, 6.07) is 13.8. The van der Waals surface area contributed by atoms with Crippen molar-refractivity contribution in [2.45, 2.75) is 70.9 Å². The van der Waals surface area contributed by atoms with E-state index >= 15 is 0 Å². The molecule has 43 heavy (non-hydrogen) atoms. The van der Waals surface area contributed by atoms with E-state index in [1.54, 1.807) is 6.07 Å². The Hall–Kier alpha value is -4.12. The number of carbonyl (C=O) groups is 1. The number of nitrogens with zero attached hydrogens (tertiary/aromatic N) is 3. The lowest BCUT2D eigenvalue weighted by Gasteiger charge is -2.24. The van der Waals surface area contributed by atoms with Gasteiger partial charge in [0.2, 0.25) is 11.9 Å². The molecule has 6 bridgehead atoms. The van der Waals surface area contributed by atoms with Crippen LogP contribution in [-0.4, -0.2) is 59.8 Å². The number of benzene rings is 2. The SMILES string of the molecule is CCOc1nc2nc(n1)Nc1ccc(C(=O)NC3CCCNC3)c(c1)OCCCCCCCCOc1ccc(cc1)CN2. The molecule has 1 amide bonds. The first-order chi connectivity index (χ1) is 21.2. The highest BCUT2D eigenvalue weighted by Crippen LogP contribution is 2.27. The van der Waals surface area contributed by atoms with E-state index in [1.165, 1.54) is 0 Å². The first-order valence-electron chi connectivity index (χ1n) is 15.6. The molecule has 11 heteroatoms. The van der Waals surface area contributed by atoms with Gasteiger partial charge in [-0.05, 0) is 69.0 Å². The average molecular weight is 590 g/mol. The highest BCUT2D eigenvalue weighted by atomic mass is 16.5. The van der Waals surface area contributed by atoms with Crippen LogP contribution in [0, 0.1) is 0 Å². The summed E-state index contributed by atoms with van der Waals surface area (Å²) in [6.07, 6.45) is 8.44. The van der Waals surface area contributed by atoms with Gasteiger partial charge in [-0.2, -0.15) is 15.0 Å². The fourth-order valence-electron chi connectivity index (χ4n) is 5.13. The van der Waals surface area contributed by atoms with Crippen LogP contribution in [0.3, 0.4) is 0 Å². The van der Waals surface area contributed by atoms with Crippen molar-refractivity contribution in [1.29, 1.82) is 0 Å². The van der Waals surface area contributed by atoms with Crippen LogP contribution in [0.15, 0.2) is 42.5 Å². The van der Waals surface area contributed by atoms with E-state index in [4.69, 9.17) is 14.2 Å². The Labute approximate surface area is 253 Å². The number of ether oxygens (including phenoxy) is 3. The molecule has 3 aliphatic heterocycles. The number of hydrogen-bond acceptors (Lipinski definition) is 10. The summed E-state index contributed by atoms with van der Waals surface area (Å²) in [5.41, 5.74) is 2.28. The van der Waals surface area contributed by atoms with Gasteiger partial charge >= 0.3 is 6.01 Å². The quantitative estimate of drug-likeness (QED) is 0.321. The van der Waals surface area contributed by atoms with Gasteiger partial charge in [0.15, 0.2) is 0 Å². The lowest BCUT2D eigenvalue weighted by molar-refractivity contribution is 0.0926. The Bertz CT molecular complexity index is 1320. The fourth-order valence-corrected chi connectivity index (χ4v) is 5.13. The Morgan fingerprint density at radius 2 is 1.70 bits per heavy atom. The van der Waals surface area contributed by atoms with Crippen molar-refractivity contribution in [2.75, 3.05) is 43.5 Å². The number of nitrogens with one attached hydrogen (secondary N) is 4. The van der Waals surface area contributed by atoms with E-state index in [-0.39, 0.29) is 18.0 Å². The van der Waals surface area contributed by atoms with E-state index in [0.717, 1.165) is 75.8 Å². The Morgan fingerprint density at radius 3 is 2.47 bits per heavy atom. The van der Waals surface area contributed by atoms with Crippen molar-refractivity contribution in [1.82, 2.24) is 25.6 Å². The number of fused-ring (bicyclic) bond motifs is 12. The lowest BCUT2D eigenvalue weighted by atomic mass is 10.1. The number of anilines is 3. The second-order valence-electron chi connectivity index (χ2n) is 10.9. The molecule has 0 saturated carbocycles. The minimum atomic E-state index is -0.131. The molecule has 1 saturated heterocycles. The van der Waals surface area contributed by atoms with Crippen molar-refractivity contribution in [2.24, 2.45) is 0 Å². The molecule has 2 aromatic carbocycles. The number of aromatic nitrogens is 3. The van der Waals surface area contributed by atoms with Gasteiger partial charge < -0.3 is 35.5 Å². The zero-order valence-electron chi connectivity index (χ0n) is 25.0. The lowest BCUT2D eigenvalue weighted by Crippen LogP contribution is -2.45. The van der Waals surface area contributed by atoms with E-state index in [2.05, 4.69) is 36.2 Å². The molecule has 1 aromatic heterocycles. The second-order valence-corrected chi connectivity index (χ2v) is 10.9. The first kappa shape index (κ1) is 30.3. The normalized spacial score (nSPS) is 18.2. The summed E-state index contributed by atoms with van der Waals surface area (Å²) >= 11 is 0. The molecule has 1 fully saturated rings. The van der Waals surface area contributed by atoms with Crippen molar-refractivity contribution < 1.29 is 19.0 Å². The minimum Gasteiger partial charge on any atom is -0.494 e. The molecule has 0 aliphatic carbocycles. The summed E-state index contributed by atoms with van der Waals surface area (Å²) < 4.78 is 17.8. The van der Waals surface area contributed by atoms with Crippen molar-refractivity contribution in [3.63, 3.8) is 0 Å². The molecule has 0 radical (unpaired) electrons. The summed E-state index contributed by atoms with van der Waals surface area (Å²) in [5, 5.41) is 13.0. The van der Waals surface area contributed by atoms with Gasteiger partial charge in [-0.3, -0.25) is 4.79 Å². The van der Waals surface area contributed by atoms with Crippen LogP contribution in [0.4, 0.5) is 17.6 Å². The number of hydrogen-bond donors (Lipinski definition) is 4. The third-order valence-electron chi connectivity index (χ3n) is 7.44. The third kappa shape index (κ3) is 9.44. The van der Waals surface area contributed by atoms with Gasteiger partial charge in [0, 0.05) is 30.9 Å². The molecular weight excluding hydrogens is 546 g/mol. The highest BCUT2D eigenvalue weighted by Gasteiger charge is 2.20. The average Bonchev–Trinajstić information content (AvgIpc) is 3.02. The fraction of sp³-hybridized carbons (Fsp3) is 0.500. The molecule has 0 spiro atoms. The number of amides is 1. The maximum Gasteiger partial charge on any atom is 0.323 e. The predicted octanol–water partition coefficient (Wildman–Crippen LogP) is 5.22. The largest absolute Gasteiger partial charge is 0.494 e. The summed E-state index contributed by atoms with van der Waals surface area (Å²) in [6.45, 7) is 5.82. The van der Waals surface area contributed by atoms with Crippen molar-refractivity contribution in [3.8, 4) is 17.5 Å². The second kappa shape index (κ2) is 15.9. The molecular formula is C32H43N7O4. The van der Waals surface area contributed by atoms with E-state index in [1.807, 2.05) is 43.3 Å². The number of carbonyl (C=O) groups excluding carboxylic acids is 1. The molecule has 4 N–H and O–H groups in total. The van der Waals surface area contributed by atoms with Crippen LogP contribution in [0.2, 0.25) is 0 Å². The van der Waals surface area contributed by atoms with Crippen LogP contribution in [0.5, 0.6) is 17.5 Å². The zero-order chi connectivity index (χ0) is 29.7. The smallest absolute Gasteiger partial charge is 0.323 e. The number of piperidine rings is 1. The van der Waals surface area contributed by atoms with Gasteiger partial charge in [-0.15, -0.1) is 0 Å². The molecule has 230 valence electrons. The van der Waals surface area contributed by atoms with E-state index < -0.39 is 0 Å². The van der Waals surface area contributed by atoms with Crippen LogP contribution < -0.4 is 35.5 Å². The van der Waals surface area contributed by atoms with Gasteiger partial charge in [-0.25, -0.2) is 0 Å². The topological polar surface area (TPSA) is 132 Å². The van der Waals surface area contributed by atoms with Gasteiger partial charge in [-0.1, -0.05) is 37.8 Å². The third-order valence-corrected chi connectivity index (χ3v) is 7.44. The molecule has 3 aromatic rings. The zero-order valence-corrected chi connectivity index (χ0v) is 25.0. The summed E-state index contributed by atoms with van der Waals surface area (Å²) in [5.74, 6) is 1.97. The van der Waals surface area contributed by atoms with Crippen molar-refractivity contribution in [3.05, 3.63) is 53.6 Å². The van der Waals surface area contributed by atoms with Crippen molar-refractivity contribution >= 4 is 23.5 Å². The standard InChI is InChI=1S/C32H43N7O4/c1-2-41-32-38-30-34-21-23-11-14-26(15-12-23)42-18-7-5-3-4-6-8-19-43-28-20-24(36-31(37-30)39-32)13-16-27(28)29(40)35-25-10-9-17-33-22-25/h11-16,20,25,33H,2-10,17-19,21-22H2,1H3,(H,35,40)(H2,34,36,37,38,39). The Morgan fingerprint density at radius 1 is 0.930 bits per heavy atom. The van der Waals surface area contributed by atoms with Gasteiger partial charge in [0.1, 0.15) is 11.5 Å². The van der Waals surface area contributed by atoms with Crippen LogP contribution in [0.1, 0.15) is 74.2 Å². The molecule has 3 aliphatic rings. The minimum absolute atomic E-state index is 0.105. The maximum atomic E-state index is 13.3. The number of rotatable bonds is 4. The van der Waals surface area contributed by atoms with Gasteiger partial charge in [0.25, 0.3) is 5.91 Å². The van der Waals surface area contributed by atoms with Gasteiger partial charge in [0.05, 0.1) is 25.4 Å². The predicted molar refractivity (Wildman–Crippen MR) is 167 cm³/mol. The Balaban J connectivity index is 1.37. The highest BCUT2D eigenvalue weighted by molar-refractivity contribution is 5.97. The first-order valence-corrected chi connectivity index (χ1v) is 15.6. The maximum absolute atomic E-state index is 13.3. The molecule has 11 nitrogen and oxygen atoms in total. The van der Waals surface area contributed by atoms with Crippen LogP contribution in [0.25, 0.3) is 0 Å². The van der Waals surface area contributed by atoms with E-state index in [9.17, 15) is 4.79 Å². The summed E-state index contributed by atoms with van der Waals surface area (Å²) in [4.78, 5) is 26.7. The van der Waals surface area contributed by atoms with Crippen LogP contribution in [-0.2, 0) is 6.54 Å². The molecule has 6 rings (SSSR count). The molecule has 4 heterocycles. The monoisotopic (exact) mass is 589 g/mol.